The summed E-state index contributed by atoms with van der Waals surface area (Å²) in [6, 6.07) is 13.2. The molecule has 0 aliphatic carbocycles. The highest BCUT2D eigenvalue weighted by Crippen LogP contribution is 2.48. The number of benzene rings is 2. The third kappa shape index (κ3) is 3.34. The Labute approximate surface area is 148 Å². The highest BCUT2D eigenvalue weighted by atomic mass is 35.5. The highest BCUT2D eigenvalue weighted by molar-refractivity contribution is 7.99. The van der Waals surface area contributed by atoms with Gasteiger partial charge < -0.3 is 10.1 Å². The smallest absolute Gasteiger partial charge is 0.406 e. The lowest BCUT2D eigenvalue weighted by Gasteiger charge is -2.31. The fourth-order valence-electron chi connectivity index (χ4n) is 2.45. The van der Waals surface area contributed by atoms with Crippen LogP contribution in [-0.4, -0.2) is 25.7 Å². The minimum atomic E-state index is -0.555. The molecule has 0 bridgehead atoms. The van der Waals surface area contributed by atoms with Crippen molar-refractivity contribution in [3.05, 3.63) is 47.5 Å². The van der Waals surface area contributed by atoms with E-state index in [0.717, 1.165) is 21.2 Å². The fraction of sp³-hybridized carbons (Fsp3) is 0.176. The number of nitrogens with one attached hydrogen (secondary N) is 1. The summed E-state index contributed by atoms with van der Waals surface area (Å²) in [7, 11) is 1.29. The number of ether oxygens (including phenoxy) is 1. The van der Waals surface area contributed by atoms with E-state index in [-0.39, 0.29) is 18.9 Å². The van der Waals surface area contributed by atoms with E-state index < -0.39 is 6.09 Å². The van der Waals surface area contributed by atoms with Gasteiger partial charge in [0, 0.05) is 27.8 Å². The molecule has 2 aromatic rings. The number of hydrogen-bond donors (Lipinski definition) is 1. The van der Waals surface area contributed by atoms with Crippen LogP contribution in [-0.2, 0) is 9.53 Å². The van der Waals surface area contributed by atoms with Crippen LogP contribution in [0.5, 0.6) is 0 Å². The van der Waals surface area contributed by atoms with Crippen molar-refractivity contribution in [1.29, 1.82) is 0 Å². The van der Waals surface area contributed by atoms with E-state index in [1.165, 1.54) is 7.11 Å². The van der Waals surface area contributed by atoms with E-state index in [0.29, 0.717) is 5.02 Å². The van der Waals surface area contributed by atoms with Crippen molar-refractivity contribution in [2.75, 3.05) is 18.6 Å². The van der Waals surface area contributed by atoms with Gasteiger partial charge >= 0.3 is 6.09 Å². The molecule has 1 heterocycles. The van der Waals surface area contributed by atoms with E-state index in [9.17, 15) is 9.59 Å². The normalized spacial score (nSPS) is 12.2. The number of methoxy groups -OCH3 is 1. The van der Waals surface area contributed by atoms with Crippen molar-refractivity contribution in [2.24, 2.45) is 0 Å². The third-order valence-corrected chi connectivity index (χ3v) is 4.90. The van der Waals surface area contributed by atoms with Crippen LogP contribution in [0, 0.1) is 0 Å². The quantitative estimate of drug-likeness (QED) is 0.888. The number of carbonyl (C=O) groups is 2. The molecule has 0 aromatic heterocycles. The monoisotopic (exact) mass is 362 g/mol. The van der Waals surface area contributed by atoms with Gasteiger partial charge in [0.15, 0.2) is 0 Å². The van der Waals surface area contributed by atoms with Crippen LogP contribution in [0.15, 0.2) is 52.3 Å². The van der Waals surface area contributed by atoms with E-state index >= 15 is 0 Å². The average molecular weight is 363 g/mol. The lowest BCUT2D eigenvalue weighted by atomic mass is 10.2. The van der Waals surface area contributed by atoms with Crippen molar-refractivity contribution in [2.45, 2.75) is 16.2 Å². The molecule has 1 N–H and O–H groups in total. The summed E-state index contributed by atoms with van der Waals surface area (Å²) < 4.78 is 4.51. The van der Waals surface area contributed by atoms with Gasteiger partial charge in [-0.1, -0.05) is 35.5 Å². The summed E-state index contributed by atoms with van der Waals surface area (Å²) in [6.45, 7) is 0.202. The number of para-hydroxylation sites is 1. The number of carbonyl (C=O) groups excluding carboxylic acids is 2. The van der Waals surface area contributed by atoms with Gasteiger partial charge in [-0.2, -0.15) is 0 Å². The van der Waals surface area contributed by atoms with Crippen LogP contribution in [0.25, 0.3) is 0 Å². The highest BCUT2D eigenvalue weighted by Gasteiger charge is 2.28. The van der Waals surface area contributed by atoms with Crippen molar-refractivity contribution in [3.63, 3.8) is 0 Å². The predicted molar refractivity (Wildman–Crippen MR) is 94.2 cm³/mol. The minimum Gasteiger partial charge on any atom is -0.453 e. The van der Waals surface area contributed by atoms with E-state index in [4.69, 9.17) is 11.6 Å². The topological polar surface area (TPSA) is 58.6 Å². The SMILES string of the molecule is COC(=O)NCCC(=O)N1c2ccccc2Sc2ccc(Cl)cc21. The Hall–Kier alpha value is -2.18. The molecule has 3 rings (SSSR count). The maximum absolute atomic E-state index is 12.8. The Kier molecular flexibility index (Phi) is 4.97. The molecule has 0 radical (unpaired) electrons. The molecular weight excluding hydrogens is 348 g/mol. The molecule has 7 heteroatoms. The van der Waals surface area contributed by atoms with E-state index in [2.05, 4.69) is 10.1 Å². The van der Waals surface area contributed by atoms with Crippen LogP contribution < -0.4 is 10.2 Å². The van der Waals surface area contributed by atoms with Gasteiger partial charge in [0.05, 0.1) is 18.5 Å². The van der Waals surface area contributed by atoms with Gasteiger partial charge in [0.2, 0.25) is 5.91 Å². The number of anilines is 2. The van der Waals surface area contributed by atoms with Gasteiger partial charge in [-0.05, 0) is 30.3 Å². The summed E-state index contributed by atoms with van der Waals surface area (Å²) in [4.78, 5) is 27.5. The molecule has 0 spiro atoms. The van der Waals surface area contributed by atoms with Crippen LogP contribution in [0.4, 0.5) is 16.2 Å². The van der Waals surface area contributed by atoms with E-state index in [1.807, 2.05) is 36.4 Å². The molecule has 0 unspecified atom stereocenters. The average Bonchev–Trinajstić information content (AvgIpc) is 2.59. The van der Waals surface area contributed by atoms with Crippen LogP contribution in [0.1, 0.15) is 6.42 Å². The molecule has 1 aliphatic heterocycles. The second-order valence-corrected chi connectivity index (χ2v) is 6.60. The van der Waals surface area contributed by atoms with Crippen LogP contribution in [0.3, 0.4) is 0 Å². The number of nitrogens with zero attached hydrogens (tertiary/aromatic N) is 1. The predicted octanol–water partition coefficient (Wildman–Crippen LogP) is 4.22. The first-order valence-corrected chi connectivity index (χ1v) is 8.51. The summed E-state index contributed by atoms with van der Waals surface area (Å²) in [5.41, 5.74) is 1.58. The number of amides is 2. The minimum absolute atomic E-state index is 0.123. The number of alkyl carbamates (subject to hydrolysis) is 1. The second-order valence-electron chi connectivity index (χ2n) is 5.08. The Morgan fingerprint density at radius 1 is 1.17 bits per heavy atom. The van der Waals surface area contributed by atoms with Gasteiger partial charge in [0.1, 0.15) is 0 Å². The molecule has 2 amide bonds. The molecule has 1 aliphatic rings. The maximum Gasteiger partial charge on any atom is 0.406 e. The van der Waals surface area contributed by atoms with Crippen molar-refractivity contribution in [3.8, 4) is 0 Å². The Morgan fingerprint density at radius 2 is 1.92 bits per heavy atom. The molecule has 124 valence electrons. The van der Waals surface area contributed by atoms with Gasteiger partial charge in [0.25, 0.3) is 0 Å². The summed E-state index contributed by atoms with van der Waals surface area (Å²) in [5.74, 6) is -0.123. The zero-order valence-corrected chi connectivity index (χ0v) is 14.5. The Balaban J connectivity index is 1.90. The second kappa shape index (κ2) is 7.15. The molecule has 0 saturated carbocycles. The largest absolute Gasteiger partial charge is 0.453 e. The van der Waals surface area contributed by atoms with Gasteiger partial charge in [-0.3, -0.25) is 9.69 Å². The number of fused-ring (bicyclic) bond motifs is 2. The number of hydrogen-bond acceptors (Lipinski definition) is 4. The first kappa shape index (κ1) is 16.7. The Morgan fingerprint density at radius 3 is 2.71 bits per heavy atom. The molecule has 2 aromatic carbocycles. The van der Waals surface area contributed by atoms with Gasteiger partial charge in [-0.15, -0.1) is 0 Å². The third-order valence-electron chi connectivity index (χ3n) is 3.53. The molecule has 5 nitrogen and oxygen atoms in total. The van der Waals surface area contributed by atoms with Crippen LogP contribution >= 0.6 is 23.4 Å². The summed E-state index contributed by atoms with van der Waals surface area (Å²) >= 11 is 7.72. The first-order valence-electron chi connectivity index (χ1n) is 7.31. The Bertz CT molecular complexity index is 797. The summed E-state index contributed by atoms with van der Waals surface area (Å²) in [5, 5.41) is 3.09. The molecule has 0 atom stereocenters. The van der Waals surface area contributed by atoms with Crippen molar-refractivity contribution >= 4 is 46.7 Å². The van der Waals surface area contributed by atoms with Gasteiger partial charge in [-0.25, -0.2) is 4.79 Å². The fourth-order valence-corrected chi connectivity index (χ4v) is 3.66. The van der Waals surface area contributed by atoms with Crippen molar-refractivity contribution < 1.29 is 14.3 Å². The zero-order valence-electron chi connectivity index (χ0n) is 12.9. The van der Waals surface area contributed by atoms with Crippen LogP contribution in [0.2, 0.25) is 5.02 Å². The molecular formula is C17H15ClN2O3S. The standard InChI is InChI=1S/C17H15ClN2O3S/c1-23-17(22)19-9-8-16(21)20-12-4-2-3-5-14(12)24-15-7-6-11(18)10-13(15)20/h2-7,10H,8-9H2,1H3,(H,19,22). The van der Waals surface area contributed by atoms with Crippen molar-refractivity contribution in [1.82, 2.24) is 5.32 Å². The molecule has 24 heavy (non-hydrogen) atoms. The molecule has 0 fully saturated rings. The van der Waals surface area contributed by atoms with E-state index in [1.54, 1.807) is 22.7 Å². The lowest BCUT2D eigenvalue weighted by molar-refractivity contribution is -0.117. The zero-order chi connectivity index (χ0) is 17.1. The maximum atomic E-state index is 12.8. The number of rotatable bonds is 3. The first-order chi connectivity index (χ1) is 11.6. The molecule has 0 saturated heterocycles. The lowest BCUT2D eigenvalue weighted by Crippen LogP contribution is -2.33. The summed E-state index contributed by atoms with van der Waals surface area (Å²) in [6.07, 6.45) is -0.402. The number of halogens is 1.